The van der Waals surface area contributed by atoms with Gasteiger partial charge in [-0.05, 0) is 48.4 Å². The Morgan fingerprint density at radius 1 is 1.38 bits per heavy atom. The van der Waals surface area contributed by atoms with Crippen LogP contribution >= 0.6 is 0 Å². The van der Waals surface area contributed by atoms with Gasteiger partial charge in [0.25, 0.3) is 5.91 Å². The highest BCUT2D eigenvalue weighted by Gasteiger charge is 2.29. The molecular weight excluding hydrogens is 439 g/mol. The summed E-state index contributed by atoms with van der Waals surface area (Å²) in [6.45, 7) is -0.802. The number of guanidine groups is 1. The number of nitrogens with two attached hydrogens (primary N) is 1. The van der Waals surface area contributed by atoms with E-state index in [1.165, 1.54) is 19.4 Å². The lowest BCUT2D eigenvalue weighted by atomic mass is 9.83. The number of ether oxygens (including phenoxy) is 1. The Balaban J connectivity index is 1.76. The van der Waals surface area contributed by atoms with Gasteiger partial charge in [-0.1, -0.05) is 6.07 Å². The van der Waals surface area contributed by atoms with Crippen LogP contribution in [0.3, 0.4) is 0 Å². The second-order valence-corrected chi connectivity index (χ2v) is 9.41. The molecular formula is C20H25FN6O4S. The Kier molecular flexibility index (Phi) is 7.23. The zero-order valence-electron chi connectivity index (χ0n) is 17.5. The topological polar surface area (TPSA) is 151 Å². The van der Waals surface area contributed by atoms with Crippen molar-refractivity contribution in [3.63, 3.8) is 0 Å². The van der Waals surface area contributed by atoms with Crippen LogP contribution in [0.15, 0.2) is 30.6 Å². The third-order valence-electron chi connectivity index (χ3n) is 5.20. The molecule has 1 aromatic heterocycles. The Hall–Kier alpha value is -3.28. The average Bonchev–Trinajstić information content (AvgIpc) is 2.77. The number of hydrogen-bond donors (Lipinski definition) is 3. The summed E-state index contributed by atoms with van der Waals surface area (Å²) >= 11 is 0. The smallest absolute Gasteiger partial charge is 0.275 e. The minimum Gasteiger partial charge on any atom is -0.474 e. The molecule has 0 fully saturated rings. The van der Waals surface area contributed by atoms with Gasteiger partial charge in [0, 0.05) is 12.7 Å². The second-order valence-electron chi connectivity index (χ2n) is 7.37. The van der Waals surface area contributed by atoms with Crippen molar-refractivity contribution in [2.45, 2.75) is 25.2 Å². The van der Waals surface area contributed by atoms with Crippen LogP contribution < -0.4 is 15.8 Å². The SMILES string of the molecule is CN(C(=N)N)S(=O)(=O)CC1CCCc2ccc(NC(=O)c3cnc(OCCF)cn3)cc21. The number of benzene rings is 1. The first-order chi connectivity index (χ1) is 15.2. The maximum Gasteiger partial charge on any atom is 0.275 e. The zero-order valence-corrected chi connectivity index (χ0v) is 18.4. The zero-order chi connectivity index (χ0) is 23.3. The van der Waals surface area contributed by atoms with Gasteiger partial charge in [-0.2, -0.15) is 0 Å². The number of alkyl halides is 1. The number of anilines is 1. The molecule has 0 spiro atoms. The van der Waals surface area contributed by atoms with Gasteiger partial charge in [0.05, 0.1) is 18.1 Å². The van der Waals surface area contributed by atoms with E-state index in [-0.39, 0.29) is 29.9 Å². The number of nitrogens with zero attached hydrogens (tertiary/aromatic N) is 3. The van der Waals surface area contributed by atoms with Gasteiger partial charge in [0.1, 0.15) is 19.0 Å². The van der Waals surface area contributed by atoms with E-state index in [4.69, 9.17) is 15.9 Å². The van der Waals surface area contributed by atoms with Gasteiger partial charge in [0.2, 0.25) is 21.9 Å². The summed E-state index contributed by atoms with van der Waals surface area (Å²) in [4.78, 5) is 20.4. The van der Waals surface area contributed by atoms with Crippen LogP contribution in [0.25, 0.3) is 0 Å². The number of carbonyl (C=O) groups excluding carboxylic acids is 1. The first-order valence-electron chi connectivity index (χ1n) is 9.97. The molecule has 1 aliphatic carbocycles. The summed E-state index contributed by atoms with van der Waals surface area (Å²) in [7, 11) is -2.49. The van der Waals surface area contributed by atoms with Crippen LogP contribution in [0.1, 0.15) is 40.4 Å². The number of rotatable bonds is 8. The second kappa shape index (κ2) is 9.90. The molecule has 32 heavy (non-hydrogen) atoms. The lowest BCUT2D eigenvalue weighted by molar-refractivity contribution is 0.102. The van der Waals surface area contributed by atoms with E-state index in [1.807, 2.05) is 6.07 Å². The van der Waals surface area contributed by atoms with Crippen molar-refractivity contribution < 1.29 is 22.3 Å². The highest BCUT2D eigenvalue weighted by atomic mass is 32.2. The molecule has 1 atom stereocenters. The maximum atomic E-state index is 12.6. The third kappa shape index (κ3) is 5.49. The Morgan fingerprint density at radius 2 is 2.16 bits per heavy atom. The molecule has 0 aliphatic heterocycles. The van der Waals surface area contributed by atoms with E-state index >= 15 is 0 Å². The molecule has 12 heteroatoms. The number of amides is 1. The first kappa shape index (κ1) is 23.4. The number of carbonyl (C=O) groups is 1. The number of fused-ring (bicyclic) bond motifs is 1. The van der Waals surface area contributed by atoms with Gasteiger partial charge in [-0.3, -0.25) is 10.2 Å². The van der Waals surface area contributed by atoms with Gasteiger partial charge in [0.15, 0.2) is 0 Å². The fraction of sp³-hybridized carbons (Fsp3) is 0.400. The van der Waals surface area contributed by atoms with Crippen LogP contribution in [0, 0.1) is 5.41 Å². The van der Waals surface area contributed by atoms with E-state index < -0.39 is 28.6 Å². The molecule has 4 N–H and O–H groups in total. The molecule has 1 unspecified atom stereocenters. The standard InChI is InChI=1S/C20H25FN6O4S/c1-27(20(22)23)32(29,30)12-14-4-2-3-13-5-6-15(9-16(13)14)26-19(28)17-10-25-18(11-24-17)31-8-7-21/h5-6,9-11,14H,2-4,7-8,12H2,1H3,(H3,22,23)(H,26,28). The summed E-state index contributed by atoms with van der Waals surface area (Å²) in [6, 6.07) is 5.39. The highest BCUT2D eigenvalue weighted by Crippen LogP contribution is 2.35. The van der Waals surface area contributed by atoms with Crippen LogP contribution in [-0.4, -0.2) is 60.6 Å². The number of nitrogens with one attached hydrogen (secondary N) is 2. The normalized spacial score (nSPS) is 15.5. The molecule has 172 valence electrons. The summed E-state index contributed by atoms with van der Waals surface area (Å²) in [5, 5.41) is 10.1. The monoisotopic (exact) mass is 464 g/mol. The van der Waals surface area contributed by atoms with Crippen molar-refractivity contribution in [1.82, 2.24) is 14.3 Å². The van der Waals surface area contributed by atoms with Gasteiger partial charge < -0.3 is 15.8 Å². The summed E-state index contributed by atoms with van der Waals surface area (Å²) in [5.74, 6) is -1.38. The Bertz CT molecular complexity index is 1090. The molecule has 1 aliphatic rings. The predicted molar refractivity (Wildman–Crippen MR) is 117 cm³/mol. The van der Waals surface area contributed by atoms with Crippen LogP contribution in [0.2, 0.25) is 0 Å². The lowest BCUT2D eigenvalue weighted by Crippen LogP contribution is -2.40. The molecule has 10 nitrogen and oxygen atoms in total. The predicted octanol–water partition coefficient (Wildman–Crippen LogP) is 1.65. The number of sulfonamides is 1. The van der Waals surface area contributed by atoms with Crippen LogP contribution in [0.5, 0.6) is 5.88 Å². The van der Waals surface area contributed by atoms with E-state index in [0.717, 1.165) is 28.3 Å². The van der Waals surface area contributed by atoms with Gasteiger partial charge >= 0.3 is 0 Å². The lowest BCUT2D eigenvalue weighted by Gasteiger charge is -2.28. The number of halogens is 1. The third-order valence-corrected chi connectivity index (χ3v) is 7.05. The molecule has 0 bridgehead atoms. The molecule has 1 aromatic carbocycles. The molecule has 3 rings (SSSR count). The average molecular weight is 465 g/mol. The quantitative estimate of drug-likeness (QED) is 0.397. The molecule has 0 radical (unpaired) electrons. The number of aromatic nitrogens is 2. The van der Waals surface area contributed by atoms with E-state index in [1.54, 1.807) is 12.1 Å². The first-order valence-corrected chi connectivity index (χ1v) is 11.6. The molecule has 1 amide bonds. The number of aryl methyl sites for hydroxylation is 1. The van der Waals surface area contributed by atoms with E-state index in [2.05, 4.69) is 15.3 Å². The van der Waals surface area contributed by atoms with Crippen molar-refractivity contribution in [2.24, 2.45) is 5.73 Å². The number of hydrogen-bond acceptors (Lipinski definition) is 7. The van der Waals surface area contributed by atoms with Crippen LogP contribution in [-0.2, 0) is 16.4 Å². The Morgan fingerprint density at radius 3 is 2.81 bits per heavy atom. The maximum absolute atomic E-state index is 12.6. The summed E-state index contributed by atoms with van der Waals surface area (Å²) < 4.78 is 43.1. The molecule has 2 aromatic rings. The molecule has 0 saturated heterocycles. The fourth-order valence-corrected chi connectivity index (χ4v) is 4.89. The summed E-state index contributed by atoms with van der Waals surface area (Å²) in [6.07, 6.45) is 4.79. The van der Waals surface area contributed by atoms with Crippen LogP contribution in [0.4, 0.5) is 10.1 Å². The molecule has 1 heterocycles. The van der Waals surface area contributed by atoms with Crippen molar-refractivity contribution in [3.05, 3.63) is 47.4 Å². The summed E-state index contributed by atoms with van der Waals surface area (Å²) in [5.41, 5.74) is 7.75. The van der Waals surface area contributed by atoms with Crippen molar-refractivity contribution in [2.75, 3.05) is 31.4 Å². The van der Waals surface area contributed by atoms with Gasteiger partial charge in [-0.15, -0.1) is 0 Å². The van der Waals surface area contributed by atoms with E-state index in [0.29, 0.717) is 12.1 Å². The highest BCUT2D eigenvalue weighted by molar-refractivity contribution is 7.89. The van der Waals surface area contributed by atoms with E-state index in [9.17, 15) is 17.6 Å². The molecule has 0 saturated carbocycles. The minimum atomic E-state index is -3.75. The Labute approximate surface area is 185 Å². The fourth-order valence-electron chi connectivity index (χ4n) is 3.51. The minimum absolute atomic E-state index is 0.0533. The van der Waals surface area contributed by atoms with Crippen molar-refractivity contribution in [1.29, 1.82) is 5.41 Å². The van der Waals surface area contributed by atoms with Crippen molar-refractivity contribution in [3.8, 4) is 5.88 Å². The largest absolute Gasteiger partial charge is 0.474 e. The van der Waals surface area contributed by atoms with Crippen molar-refractivity contribution >= 4 is 27.6 Å². The van der Waals surface area contributed by atoms with Gasteiger partial charge in [-0.25, -0.2) is 27.1 Å².